The van der Waals surface area contributed by atoms with E-state index in [0.29, 0.717) is 0 Å². The first-order valence-electron chi connectivity index (χ1n) is 6.18. The van der Waals surface area contributed by atoms with E-state index in [1.54, 1.807) is 7.11 Å². The van der Waals surface area contributed by atoms with Gasteiger partial charge in [-0.2, -0.15) is 0 Å². The van der Waals surface area contributed by atoms with E-state index in [0.717, 1.165) is 5.75 Å². The Hall–Kier alpha value is -1.96. The molecule has 0 atom stereocenters. The average Bonchev–Trinajstić information content (AvgIpc) is 2.39. The van der Waals surface area contributed by atoms with Gasteiger partial charge in [0.2, 0.25) is 0 Å². The first-order chi connectivity index (χ1) is 8.63. The minimum absolute atomic E-state index is 0.00822. The molecule has 0 unspecified atom stereocenters. The van der Waals surface area contributed by atoms with E-state index < -0.39 is 0 Å². The smallest absolute Gasteiger partial charge is 0.119 e. The van der Waals surface area contributed by atoms with Crippen molar-refractivity contribution in [2.45, 2.75) is 19.3 Å². The fourth-order valence-electron chi connectivity index (χ4n) is 2.70. The van der Waals surface area contributed by atoms with Crippen LogP contribution in [0.5, 0.6) is 5.75 Å². The first-order valence-corrected chi connectivity index (χ1v) is 6.18. The molecule has 2 heteroatoms. The number of fused-ring (bicyclic) bond motifs is 2. The second kappa shape index (κ2) is 3.77. The highest BCUT2D eigenvalue weighted by Crippen LogP contribution is 2.45. The maximum atomic E-state index is 5.33. The molecule has 0 radical (unpaired) electrons. The molecule has 18 heavy (non-hydrogen) atoms. The average molecular weight is 239 g/mol. The third-order valence-corrected chi connectivity index (χ3v) is 3.77. The lowest BCUT2D eigenvalue weighted by molar-refractivity contribution is 0.413. The van der Waals surface area contributed by atoms with Crippen LogP contribution in [0.4, 0.5) is 11.4 Å². The van der Waals surface area contributed by atoms with Gasteiger partial charge in [-0.05, 0) is 35.4 Å². The zero-order valence-corrected chi connectivity index (χ0v) is 10.9. The van der Waals surface area contributed by atoms with E-state index in [4.69, 9.17) is 4.74 Å². The molecular formula is C16H17NO. The van der Waals surface area contributed by atoms with Crippen molar-refractivity contribution < 1.29 is 4.74 Å². The van der Waals surface area contributed by atoms with Crippen LogP contribution in [-0.2, 0) is 5.41 Å². The number of benzene rings is 2. The molecule has 0 spiro atoms. The van der Waals surface area contributed by atoms with E-state index in [1.165, 1.54) is 22.5 Å². The molecule has 0 amide bonds. The summed E-state index contributed by atoms with van der Waals surface area (Å²) in [5.41, 5.74) is 4.96. The minimum atomic E-state index is -0.00822. The van der Waals surface area contributed by atoms with Crippen molar-refractivity contribution in [1.29, 1.82) is 0 Å². The minimum Gasteiger partial charge on any atom is -0.497 e. The SMILES string of the molecule is COc1ccc2c(c1)C(C)(C)c1ccccc1N2. The summed E-state index contributed by atoms with van der Waals surface area (Å²) >= 11 is 0. The van der Waals surface area contributed by atoms with Crippen LogP contribution >= 0.6 is 0 Å². The largest absolute Gasteiger partial charge is 0.497 e. The molecule has 3 rings (SSSR count). The van der Waals surface area contributed by atoms with Gasteiger partial charge in [-0.1, -0.05) is 32.0 Å². The number of hydrogen-bond donors (Lipinski definition) is 1. The Morgan fingerprint density at radius 1 is 0.944 bits per heavy atom. The van der Waals surface area contributed by atoms with Crippen LogP contribution in [0.3, 0.4) is 0 Å². The van der Waals surface area contributed by atoms with Gasteiger partial charge in [-0.15, -0.1) is 0 Å². The van der Waals surface area contributed by atoms with Gasteiger partial charge in [0.15, 0.2) is 0 Å². The standard InChI is InChI=1S/C16H17NO/c1-16(2)12-6-4-5-7-14(12)17-15-9-8-11(18-3)10-13(15)16/h4-10,17H,1-3H3. The second-order valence-corrected chi connectivity index (χ2v) is 5.21. The zero-order chi connectivity index (χ0) is 12.8. The van der Waals surface area contributed by atoms with Gasteiger partial charge in [0.25, 0.3) is 0 Å². The molecule has 2 aromatic carbocycles. The number of nitrogens with one attached hydrogen (secondary N) is 1. The van der Waals surface area contributed by atoms with Crippen molar-refractivity contribution >= 4 is 11.4 Å². The van der Waals surface area contributed by atoms with Crippen molar-refractivity contribution in [3.05, 3.63) is 53.6 Å². The summed E-state index contributed by atoms with van der Waals surface area (Å²) in [6, 6.07) is 14.7. The van der Waals surface area contributed by atoms with E-state index >= 15 is 0 Å². The number of anilines is 2. The third-order valence-electron chi connectivity index (χ3n) is 3.77. The molecule has 1 aliphatic heterocycles. The van der Waals surface area contributed by atoms with Crippen molar-refractivity contribution in [3.63, 3.8) is 0 Å². The number of hydrogen-bond acceptors (Lipinski definition) is 2. The molecule has 0 saturated heterocycles. The monoisotopic (exact) mass is 239 g/mol. The fraction of sp³-hybridized carbons (Fsp3) is 0.250. The first kappa shape index (κ1) is 11.1. The molecule has 0 bridgehead atoms. The van der Waals surface area contributed by atoms with Crippen LogP contribution in [-0.4, -0.2) is 7.11 Å². The molecular weight excluding hydrogens is 222 g/mol. The molecule has 92 valence electrons. The van der Waals surface area contributed by atoms with Crippen molar-refractivity contribution in [2.24, 2.45) is 0 Å². The molecule has 0 aromatic heterocycles. The van der Waals surface area contributed by atoms with Gasteiger partial charge in [-0.3, -0.25) is 0 Å². The van der Waals surface area contributed by atoms with E-state index in [2.05, 4.69) is 55.6 Å². The summed E-state index contributed by atoms with van der Waals surface area (Å²) < 4.78 is 5.33. The predicted molar refractivity (Wildman–Crippen MR) is 74.8 cm³/mol. The van der Waals surface area contributed by atoms with Crippen LogP contribution in [0.25, 0.3) is 0 Å². The van der Waals surface area contributed by atoms with Gasteiger partial charge < -0.3 is 10.1 Å². The maximum absolute atomic E-state index is 5.33. The maximum Gasteiger partial charge on any atom is 0.119 e. The van der Waals surface area contributed by atoms with E-state index in [9.17, 15) is 0 Å². The summed E-state index contributed by atoms with van der Waals surface area (Å²) in [4.78, 5) is 0. The fourth-order valence-corrected chi connectivity index (χ4v) is 2.70. The lowest BCUT2D eigenvalue weighted by Gasteiger charge is -2.35. The highest BCUT2D eigenvalue weighted by atomic mass is 16.5. The summed E-state index contributed by atoms with van der Waals surface area (Å²) in [6.45, 7) is 4.51. The van der Waals surface area contributed by atoms with Crippen LogP contribution in [0, 0.1) is 0 Å². The normalized spacial score (nSPS) is 15.3. The van der Waals surface area contributed by atoms with Gasteiger partial charge >= 0.3 is 0 Å². The third kappa shape index (κ3) is 1.49. The highest BCUT2D eigenvalue weighted by Gasteiger charge is 2.32. The lowest BCUT2D eigenvalue weighted by Crippen LogP contribution is -2.25. The number of rotatable bonds is 1. The second-order valence-electron chi connectivity index (χ2n) is 5.21. The molecule has 0 saturated carbocycles. The molecule has 2 aromatic rings. The van der Waals surface area contributed by atoms with E-state index in [-0.39, 0.29) is 5.41 Å². The summed E-state index contributed by atoms with van der Waals surface area (Å²) in [5, 5.41) is 3.49. The molecule has 0 aliphatic carbocycles. The van der Waals surface area contributed by atoms with Crippen LogP contribution in [0.15, 0.2) is 42.5 Å². The van der Waals surface area contributed by atoms with Crippen molar-refractivity contribution in [2.75, 3.05) is 12.4 Å². The molecule has 1 aliphatic rings. The number of para-hydroxylation sites is 1. The van der Waals surface area contributed by atoms with Crippen LogP contribution in [0.1, 0.15) is 25.0 Å². The highest BCUT2D eigenvalue weighted by molar-refractivity contribution is 5.76. The Bertz CT molecular complexity index is 602. The van der Waals surface area contributed by atoms with Crippen LogP contribution < -0.4 is 10.1 Å². The van der Waals surface area contributed by atoms with Crippen molar-refractivity contribution in [1.82, 2.24) is 0 Å². The number of methoxy groups -OCH3 is 1. The Balaban J connectivity index is 2.22. The Morgan fingerprint density at radius 2 is 1.67 bits per heavy atom. The zero-order valence-electron chi connectivity index (χ0n) is 10.9. The molecule has 1 heterocycles. The van der Waals surface area contributed by atoms with Crippen molar-refractivity contribution in [3.8, 4) is 5.75 Å². The molecule has 2 nitrogen and oxygen atoms in total. The number of ether oxygens (including phenoxy) is 1. The Morgan fingerprint density at radius 3 is 2.44 bits per heavy atom. The topological polar surface area (TPSA) is 21.3 Å². The van der Waals surface area contributed by atoms with Crippen LogP contribution in [0.2, 0.25) is 0 Å². The quantitative estimate of drug-likeness (QED) is 0.809. The summed E-state index contributed by atoms with van der Waals surface area (Å²) in [6.07, 6.45) is 0. The predicted octanol–water partition coefficient (Wildman–Crippen LogP) is 4.08. The Kier molecular flexibility index (Phi) is 2.34. The summed E-state index contributed by atoms with van der Waals surface area (Å²) in [7, 11) is 1.71. The van der Waals surface area contributed by atoms with Gasteiger partial charge in [-0.25, -0.2) is 0 Å². The van der Waals surface area contributed by atoms with Gasteiger partial charge in [0.1, 0.15) is 5.75 Å². The lowest BCUT2D eigenvalue weighted by atomic mass is 9.74. The summed E-state index contributed by atoms with van der Waals surface area (Å²) in [5.74, 6) is 0.906. The molecule has 1 N–H and O–H groups in total. The van der Waals surface area contributed by atoms with E-state index in [1.807, 2.05) is 6.07 Å². The Labute approximate surface area is 108 Å². The van der Waals surface area contributed by atoms with Gasteiger partial charge in [0, 0.05) is 16.8 Å². The molecule has 0 fully saturated rings. The van der Waals surface area contributed by atoms with Gasteiger partial charge in [0.05, 0.1) is 7.11 Å².